The van der Waals surface area contributed by atoms with Crippen LogP contribution in [0, 0.1) is 0 Å². The second-order valence-electron chi connectivity index (χ2n) is 5.87. The van der Waals surface area contributed by atoms with Crippen LogP contribution in [0.25, 0.3) is 0 Å². The van der Waals surface area contributed by atoms with E-state index >= 15 is 0 Å². The summed E-state index contributed by atoms with van der Waals surface area (Å²) in [5, 5.41) is 10.5. The number of aliphatic hydroxyl groups excluding tert-OH is 1. The molecule has 0 bridgehead atoms. The van der Waals surface area contributed by atoms with Crippen molar-refractivity contribution in [3.05, 3.63) is 88.9 Å². The molecule has 0 aromatic heterocycles. The number of amides is 1. The van der Waals surface area contributed by atoms with Gasteiger partial charge in [0.15, 0.2) is 0 Å². The van der Waals surface area contributed by atoms with Gasteiger partial charge in [0, 0.05) is 0 Å². The molecule has 0 spiro atoms. The first-order valence-corrected chi connectivity index (χ1v) is 10.0. The van der Waals surface area contributed by atoms with Crippen molar-refractivity contribution in [2.45, 2.75) is 25.6 Å². The molecule has 3 rings (SSSR count). The van der Waals surface area contributed by atoms with Gasteiger partial charge in [0.1, 0.15) is 0 Å². The van der Waals surface area contributed by atoms with E-state index in [1.807, 2.05) is 79.7 Å². The predicted molar refractivity (Wildman–Crippen MR) is 102 cm³/mol. The van der Waals surface area contributed by atoms with Crippen molar-refractivity contribution >= 4 is 25.3 Å². The third-order valence-corrected chi connectivity index (χ3v) is 6.24. The molecular weight excluding hydrogens is 377 g/mol. The van der Waals surface area contributed by atoms with Gasteiger partial charge in [-0.1, -0.05) is 0 Å². The molecule has 0 aliphatic carbocycles. The van der Waals surface area contributed by atoms with Crippen LogP contribution in [0.4, 0.5) is 0 Å². The zero-order chi connectivity index (χ0) is 17.6. The minimum atomic E-state index is -0.693. The van der Waals surface area contributed by atoms with Gasteiger partial charge >= 0.3 is 155 Å². The van der Waals surface area contributed by atoms with E-state index in [9.17, 15) is 9.90 Å². The van der Waals surface area contributed by atoms with E-state index in [1.54, 1.807) is 11.0 Å². The molecule has 3 nitrogen and oxygen atoms in total. The van der Waals surface area contributed by atoms with E-state index < -0.39 is 6.10 Å². The van der Waals surface area contributed by atoms with Crippen molar-refractivity contribution in [1.82, 2.24) is 4.90 Å². The first kappa shape index (κ1) is 17.7. The fraction of sp³-hybridized carbons (Fsp3) is 0.190. The molecule has 2 aromatic rings. The Kier molecular flexibility index (Phi) is 5.87. The maximum absolute atomic E-state index is 13.0. The molecule has 0 saturated carbocycles. The monoisotopic (exact) mass is 399 g/mol. The fourth-order valence-corrected chi connectivity index (χ4v) is 4.85. The summed E-state index contributed by atoms with van der Waals surface area (Å²) in [5.74, 6) is 0.0289. The number of allylic oxidation sites excluding steroid dienone is 1. The van der Waals surface area contributed by atoms with Crippen molar-refractivity contribution in [3.8, 4) is 0 Å². The van der Waals surface area contributed by atoms with E-state index in [4.69, 9.17) is 0 Å². The van der Waals surface area contributed by atoms with Crippen LogP contribution in [0.5, 0.6) is 0 Å². The van der Waals surface area contributed by atoms with Crippen LogP contribution < -0.4 is 4.46 Å². The Labute approximate surface area is 154 Å². The van der Waals surface area contributed by atoms with Gasteiger partial charge in [-0.15, -0.1) is 0 Å². The van der Waals surface area contributed by atoms with Crippen LogP contribution in [0.15, 0.2) is 83.4 Å². The molecule has 0 saturated heterocycles. The molecule has 1 amide bonds. The average Bonchev–Trinajstić information content (AvgIpc) is 2.93. The zero-order valence-corrected chi connectivity index (χ0v) is 15.8. The van der Waals surface area contributed by atoms with Crippen molar-refractivity contribution in [2.75, 3.05) is 0 Å². The van der Waals surface area contributed by atoms with Crippen molar-refractivity contribution in [2.24, 2.45) is 0 Å². The summed E-state index contributed by atoms with van der Waals surface area (Å²) in [4.78, 5) is 14.7. The third kappa shape index (κ3) is 4.29. The number of carbonyl (C=O) groups excluding carboxylic acids is 1. The molecule has 1 N–H and O–H groups in total. The van der Waals surface area contributed by atoms with E-state index in [1.165, 1.54) is 0 Å². The van der Waals surface area contributed by atoms with Gasteiger partial charge in [-0.05, 0) is 0 Å². The van der Waals surface area contributed by atoms with Crippen LogP contribution >= 0.6 is 0 Å². The summed E-state index contributed by atoms with van der Waals surface area (Å²) in [7, 11) is 0. The van der Waals surface area contributed by atoms with Gasteiger partial charge in [-0.3, -0.25) is 0 Å². The summed E-state index contributed by atoms with van der Waals surface area (Å²) in [6.45, 7) is 2.38. The Bertz CT molecular complexity index is 771. The van der Waals surface area contributed by atoms with Gasteiger partial charge in [0.05, 0.1) is 0 Å². The number of hydrogen-bond donors (Lipinski definition) is 1. The molecule has 1 aliphatic heterocycles. The van der Waals surface area contributed by atoms with E-state index in [0.29, 0.717) is 6.54 Å². The van der Waals surface area contributed by atoms with Crippen LogP contribution in [0.1, 0.15) is 12.5 Å². The van der Waals surface area contributed by atoms with Crippen molar-refractivity contribution in [1.29, 1.82) is 0 Å². The summed E-state index contributed by atoms with van der Waals surface area (Å²) in [6.07, 6.45) is 4.82. The maximum atomic E-state index is 13.0. The summed E-state index contributed by atoms with van der Waals surface area (Å²) in [6, 6.07) is 19.6. The topological polar surface area (TPSA) is 40.5 Å². The third-order valence-electron chi connectivity index (χ3n) is 4.06. The number of aliphatic hydroxyl groups is 1. The molecule has 2 aromatic carbocycles. The number of nitrogens with zero attached hydrogens (tertiary/aromatic N) is 1. The van der Waals surface area contributed by atoms with Gasteiger partial charge in [-0.25, -0.2) is 0 Å². The summed E-state index contributed by atoms with van der Waals surface area (Å²) in [5.41, 5.74) is 1.07. The molecule has 0 fully saturated rings. The summed E-state index contributed by atoms with van der Waals surface area (Å²) >= 11 is -0.0579. The SMILES string of the molecule is C/C=C/[C@@H](O)[C@@H]1C=C([Se]c2ccccc2)C(=O)N1Cc1ccccc1. The molecule has 25 heavy (non-hydrogen) atoms. The van der Waals surface area contributed by atoms with E-state index in [2.05, 4.69) is 0 Å². The number of benzene rings is 2. The number of carbonyl (C=O) groups is 1. The van der Waals surface area contributed by atoms with E-state index in [-0.39, 0.29) is 26.9 Å². The van der Waals surface area contributed by atoms with Gasteiger partial charge in [0.2, 0.25) is 0 Å². The van der Waals surface area contributed by atoms with Crippen molar-refractivity contribution < 1.29 is 9.90 Å². The van der Waals surface area contributed by atoms with Gasteiger partial charge in [-0.2, -0.15) is 0 Å². The second-order valence-corrected chi connectivity index (χ2v) is 8.21. The Morgan fingerprint density at radius 2 is 1.76 bits per heavy atom. The second kappa shape index (κ2) is 8.30. The van der Waals surface area contributed by atoms with Crippen LogP contribution in [-0.4, -0.2) is 43.0 Å². The Morgan fingerprint density at radius 3 is 2.40 bits per heavy atom. The Hall–Kier alpha value is -2.13. The van der Waals surface area contributed by atoms with Crippen LogP contribution in [0.2, 0.25) is 0 Å². The molecule has 1 aliphatic rings. The number of hydrogen-bond acceptors (Lipinski definition) is 2. The Balaban J connectivity index is 1.84. The molecule has 128 valence electrons. The Morgan fingerprint density at radius 1 is 1.12 bits per heavy atom. The first-order chi connectivity index (χ1) is 12.2. The van der Waals surface area contributed by atoms with Crippen LogP contribution in [0.3, 0.4) is 0 Å². The normalized spacial score (nSPS) is 18.6. The molecule has 0 unspecified atom stereocenters. The van der Waals surface area contributed by atoms with E-state index in [0.717, 1.165) is 14.5 Å². The van der Waals surface area contributed by atoms with Crippen molar-refractivity contribution in [3.63, 3.8) is 0 Å². The predicted octanol–water partition coefficient (Wildman–Crippen LogP) is 2.25. The molecule has 0 radical (unpaired) electrons. The van der Waals surface area contributed by atoms with Gasteiger partial charge in [0.25, 0.3) is 0 Å². The quantitative estimate of drug-likeness (QED) is 0.599. The average molecular weight is 398 g/mol. The standard InChI is InChI=1S/C21H21NO2Se/c1-2-9-19(23)18-14-20(25-17-12-7-4-8-13-17)21(24)22(18)15-16-10-5-3-6-11-16/h2-14,18-19,23H,15H2,1H3/b9-2+/t18-,19+/m0/s1. The molecule has 2 atom stereocenters. The van der Waals surface area contributed by atoms with Gasteiger partial charge < -0.3 is 0 Å². The molecule has 4 heteroatoms. The summed E-state index contributed by atoms with van der Waals surface area (Å²) < 4.78 is 1.97. The molecule has 1 heterocycles. The first-order valence-electron chi connectivity index (χ1n) is 8.29. The van der Waals surface area contributed by atoms with Crippen LogP contribution in [-0.2, 0) is 11.3 Å². The fourth-order valence-electron chi connectivity index (χ4n) is 2.84. The zero-order valence-electron chi connectivity index (χ0n) is 14.1. The minimum absolute atomic E-state index is 0.0289. The number of rotatable bonds is 6. The molecular formula is C21H21NO2Se.